The third kappa shape index (κ3) is 2.50. The summed E-state index contributed by atoms with van der Waals surface area (Å²) < 4.78 is 1.97. The third-order valence-corrected chi connectivity index (χ3v) is 3.89. The van der Waals surface area contributed by atoms with Gasteiger partial charge in [-0.2, -0.15) is 0 Å². The van der Waals surface area contributed by atoms with E-state index in [0.717, 1.165) is 42.8 Å². The van der Waals surface area contributed by atoms with E-state index < -0.39 is 0 Å². The predicted molar refractivity (Wildman–Crippen MR) is 77.8 cm³/mol. The number of aromatic nitrogens is 3. The van der Waals surface area contributed by atoms with Crippen LogP contribution >= 0.6 is 11.6 Å². The minimum Gasteiger partial charge on any atom is -0.341 e. The molecule has 0 N–H and O–H groups in total. The largest absolute Gasteiger partial charge is 0.341 e. The highest BCUT2D eigenvalue weighted by Gasteiger charge is 2.20. The monoisotopic (exact) mass is 292 g/mol. The van der Waals surface area contributed by atoms with Crippen LogP contribution in [0.3, 0.4) is 0 Å². The van der Waals surface area contributed by atoms with E-state index in [1.54, 1.807) is 12.4 Å². The maximum Gasteiger partial charge on any atom is 0.242 e. The van der Waals surface area contributed by atoms with Gasteiger partial charge in [0, 0.05) is 31.6 Å². The molecule has 20 heavy (non-hydrogen) atoms. The summed E-state index contributed by atoms with van der Waals surface area (Å²) in [6, 6.07) is 1.90. The number of amides is 1. The van der Waals surface area contributed by atoms with Crippen LogP contribution < -0.4 is 0 Å². The van der Waals surface area contributed by atoms with Gasteiger partial charge in [0.05, 0.1) is 11.7 Å². The molecule has 0 radical (unpaired) electrons. The van der Waals surface area contributed by atoms with Crippen molar-refractivity contribution in [1.82, 2.24) is 19.4 Å². The van der Waals surface area contributed by atoms with Crippen LogP contribution in [0.15, 0.2) is 18.5 Å². The molecule has 2 aromatic heterocycles. The Hall–Kier alpha value is -1.62. The van der Waals surface area contributed by atoms with Crippen molar-refractivity contribution in [2.75, 3.05) is 19.0 Å². The first-order valence-corrected chi connectivity index (χ1v) is 7.46. The Morgan fingerprint density at radius 1 is 1.35 bits per heavy atom. The van der Waals surface area contributed by atoms with Crippen molar-refractivity contribution in [2.24, 2.45) is 0 Å². The standard InChI is InChI=1S/C14H17ClN4O/c15-5-3-13-17-11-9-16-6-4-12(11)19(13)10-14(20)18-7-1-2-8-18/h4,6,9H,1-3,5,7-8,10H2. The Labute approximate surface area is 122 Å². The number of likely N-dealkylation sites (tertiary alicyclic amines) is 1. The average molecular weight is 293 g/mol. The smallest absolute Gasteiger partial charge is 0.242 e. The first-order chi connectivity index (χ1) is 9.79. The second kappa shape index (κ2) is 5.79. The molecule has 1 fully saturated rings. The van der Waals surface area contributed by atoms with Gasteiger partial charge in [-0.05, 0) is 18.9 Å². The van der Waals surface area contributed by atoms with Gasteiger partial charge in [-0.25, -0.2) is 4.98 Å². The number of fused-ring (bicyclic) bond motifs is 1. The Balaban J connectivity index is 1.91. The van der Waals surface area contributed by atoms with E-state index in [1.807, 2.05) is 15.5 Å². The number of pyridine rings is 1. The van der Waals surface area contributed by atoms with E-state index >= 15 is 0 Å². The van der Waals surface area contributed by atoms with Crippen LogP contribution in [0, 0.1) is 0 Å². The van der Waals surface area contributed by atoms with E-state index in [4.69, 9.17) is 11.6 Å². The summed E-state index contributed by atoms with van der Waals surface area (Å²) in [5.41, 5.74) is 1.77. The van der Waals surface area contributed by atoms with Crippen molar-refractivity contribution in [3.63, 3.8) is 0 Å². The molecule has 0 atom stereocenters. The molecule has 0 saturated carbocycles. The maximum absolute atomic E-state index is 12.3. The molecule has 106 valence electrons. The lowest BCUT2D eigenvalue weighted by Crippen LogP contribution is -2.31. The molecule has 2 aromatic rings. The number of nitrogens with zero attached hydrogens (tertiary/aromatic N) is 4. The fourth-order valence-electron chi connectivity index (χ4n) is 2.69. The van der Waals surface area contributed by atoms with Crippen molar-refractivity contribution in [2.45, 2.75) is 25.8 Å². The number of rotatable bonds is 4. The van der Waals surface area contributed by atoms with E-state index in [-0.39, 0.29) is 5.91 Å². The number of hydrogen-bond donors (Lipinski definition) is 0. The highest BCUT2D eigenvalue weighted by atomic mass is 35.5. The summed E-state index contributed by atoms with van der Waals surface area (Å²) >= 11 is 5.83. The number of imidazole rings is 1. The second-order valence-corrected chi connectivity index (χ2v) is 5.38. The SMILES string of the molecule is O=C(Cn1c(CCCl)nc2cnccc21)N1CCCC1. The molecule has 3 heterocycles. The molecule has 0 aromatic carbocycles. The molecule has 0 spiro atoms. The zero-order valence-corrected chi connectivity index (χ0v) is 12.0. The van der Waals surface area contributed by atoms with Gasteiger partial charge in [0.25, 0.3) is 0 Å². The van der Waals surface area contributed by atoms with Gasteiger partial charge in [0.2, 0.25) is 5.91 Å². The lowest BCUT2D eigenvalue weighted by molar-refractivity contribution is -0.130. The van der Waals surface area contributed by atoms with Gasteiger partial charge in [-0.15, -0.1) is 11.6 Å². The van der Waals surface area contributed by atoms with Crippen LogP contribution in [0.25, 0.3) is 11.0 Å². The van der Waals surface area contributed by atoms with Crippen LogP contribution in [0.5, 0.6) is 0 Å². The fraction of sp³-hybridized carbons (Fsp3) is 0.500. The fourth-order valence-corrected chi connectivity index (χ4v) is 2.85. The zero-order chi connectivity index (χ0) is 13.9. The van der Waals surface area contributed by atoms with Gasteiger partial charge >= 0.3 is 0 Å². The lowest BCUT2D eigenvalue weighted by Gasteiger charge is -2.16. The Morgan fingerprint density at radius 3 is 2.90 bits per heavy atom. The maximum atomic E-state index is 12.3. The van der Waals surface area contributed by atoms with Gasteiger partial charge < -0.3 is 9.47 Å². The van der Waals surface area contributed by atoms with Crippen LogP contribution in [-0.2, 0) is 17.8 Å². The summed E-state index contributed by atoms with van der Waals surface area (Å²) in [6.45, 7) is 2.09. The van der Waals surface area contributed by atoms with Gasteiger partial charge in [0.15, 0.2) is 0 Å². The number of aryl methyl sites for hydroxylation is 1. The minimum atomic E-state index is 0.162. The summed E-state index contributed by atoms with van der Waals surface area (Å²) in [4.78, 5) is 22.9. The van der Waals surface area contributed by atoms with Crippen molar-refractivity contribution in [3.05, 3.63) is 24.3 Å². The summed E-state index contributed by atoms with van der Waals surface area (Å²) in [6.07, 6.45) is 6.32. The number of alkyl halides is 1. The number of carbonyl (C=O) groups excluding carboxylic acids is 1. The zero-order valence-electron chi connectivity index (χ0n) is 11.3. The molecule has 1 saturated heterocycles. The molecular formula is C14H17ClN4O. The topological polar surface area (TPSA) is 51.0 Å². The van der Waals surface area contributed by atoms with Crippen molar-refractivity contribution in [3.8, 4) is 0 Å². The summed E-state index contributed by atoms with van der Waals surface area (Å²) in [5.74, 6) is 1.51. The predicted octanol–water partition coefficient (Wildman–Crippen LogP) is 1.83. The Kier molecular flexibility index (Phi) is 3.87. The third-order valence-electron chi connectivity index (χ3n) is 3.70. The Bertz CT molecular complexity index is 619. The van der Waals surface area contributed by atoms with E-state index in [2.05, 4.69) is 9.97 Å². The highest BCUT2D eigenvalue weighted by molar-refractivity contribution is 6.17. The van der Waals surface area contributed by atoms with Gasteiger partial charge in [-0.1, -0.05) is 0 Å². The van der Waals surface area contributed by atoms with E-state index in [1.165, 1.54) is 0 Å². The molecule has 3 rings (SSSR count). The summed E-state index contributed by atoms with van der Waals surface area (Å²) in [7, 11) is 0. The van der Waals surface area contributed by atoms with Crippen LogP contribution in [0.4, 0.5) is 0 Å². The van der Waals surface area contributed by atoms with Gasteiger partial charge in [-0.3, -0.25) is 9.78 Å². The molecule has 1 aliphatic rings. The number of hydrogen-bond acceptors (Lipinski definition) is 3. The number of carbonyl (C=O) groups is 1. The lowest BCUT2D eigenvalue weighted by atomic mass is 10.4. The van der Waals surface area contributed by atoms with Crippen LogP contribution in [0.2, 0.25) is 0 Å². The molecular weight excluding hydrogens is 276 g/mol. The molecule has 5 nitrogen and oxygen atoms in total. The first-order valence-electron chi connectivity index (χ1n) is 6.92. The van der Waals surface area contributed by atoms with E-state index in [0.29, 0.717) is 18.8 Å². The van der Waals surface area contributed by atoms with Crippen molar-refractivity contribution >= 4 is 28.5 Å². The molecule has 6 heteroatoms. The molecule has 0 bridgehead atoms. The molecule has 1 amide bonds. The second-order valence-electron chi connectivity index (χ2n) is 5.01. The average Bonchev–Trinajstić information content (AvgIpc) is 3.08. The van der Waals surface area contributed by atoms with Crippen molar-refractivity contribution in [1.29, 1.82) is 0 Å². The quantitative estimate of drug-likeness (QED) is 0.808. The highest BCUT2D eigenvalue weighted by Crippen LogP contribution is 2.17. The molecule has 0 unspecified atom stereocenters. The normalized spacial score (nSPS) is 15.2. The summed E-state index contributed by atoms with van der Waals surface area (Å²) in [5, 5.41) is 0. The first kappa shape index (κ1) is 13.4. The Morgan fingerprint density at radius 2 is 2.15 bits per heavy atom. The minimum absolute atomic E-state index is 0.162. The van der Waals surface area contributed by atoms with Crippen LogP contribution in [0.1, 0.15) is 18.7 Å². The molecule has 0 aliphatic carbocycles. The van der Waals surface area contributed by atoms with E-state index in [9.17, 15) is 4.79 Å². The van der Waals surface area contributed by atoms with Crippen molar-refractivity contribution < 1.29 is 4.79 Å². The van der Waals surface area contributed by atoms with Crippen LogP contribution in [-0.4, -0.2) is 44.3 Å². The van der Waals surface area contributed by atoms with Gasteiger partial charge in [0.1, 0.15) is 17.9 Å². The number of halogens is 1. The molecule has 1 aliphatic heterocycles.